The first-order valence-corrected chi connectivity index (χ1v) is 13.0. The van der Waals surface area contributed by atoms with Gasteiger partial charge in [-0.1, -0.05) is 61.9 Å². The Kier molecular flexibility index (Phi) is 7.21. The molecule has 2 heterocycles. The topological polar surface area (TPSA) is 84.2 Å². The molecule has 1 aromatic heterocycles. The highest BCUT2D eigenvalue weighted by Gasteiger charge is 2.32. The van der Waals surface area contributed by atoms with Crippen LogP contribution in [0.5, 0.6) is 0 Å². The number of piperazine rings is 1. The van der Waals surface area contributed by atoms with Crippen molar-refractivity contribution in [2.75, 3.05) is 26.2 Å². The second kappa shape index (κ2) is 10.1. The molecular formula is C24H32N6O2S. The fourth-order valence-corrected chi connectivity index (χ4v) is 5.63. The standard InChI is InChI=1S/C24H32N6O2S/c1-19(2)23(29-15-13-28(14-16-29)17-21-7-5-4-6-8-21)24-25-26-27-30(24)18-33(31,32)22-11-9-20(3)10-12-22/h4-12,19,23H,13-18H2,1-3H3/t23-/m1/s1. The number of aromatic nitrogens is 4. The first kappa shape index (κ1) is 23.5. The van der Waals surface area contributed by atoms with Gasteiger partial charge in [-0.25, -0.2) is 13.1 Å². The summed E-state index contributed by atoms with van der Waals surface area (Å²) in [6.45, 7) is 10.8. The normalized spacial score (nSPS) is 16.8. The lowest BCUT2D eigenvalue weighted by Crippen LogP contribution is -2.48. The molecule has 0 spiro atoms. The number of aryl methyl sites for hydroxylation is 1. The van der Waals surface area contributed by atoms with E-state index in [2.05, 4.69) is 63.4 Å². The molecule has 4 rings (SSSR count). The molecule has 0 unspecified atom stereocenters. The second-order valence-corrected chi connectivity index (χ2v) is 11.0. The molecule has 0 aliphatic carbocycles. The van der Waals surface area contributed by atoms with Gasteiger partial charge in [-0.05, 0) is 41.0 Å². The minimum Gasteiger partial charge on any atom is -0.297 e. The van der Waals surface area contributed by atoms with Gasteiger partial charge in [0.25, 0.3) is 0 Å². The minimum absolute atomic E-state index is 0.0490. The van der Waals surface area contributed by atoms with E-state index in [0.717, 1.165) is 38.3 Å². The highest BCUT2D eigenvalue weighted by atomic mass is 32.2. The van der Waals surface area contributed by atoms with E-state index in [4.69, 9.17) is 0 Å². The first-order valence-electron chi connectivity index (χ1n) is 11.4. The monoisotopic (exact) mass is 468 g/mol. The van der Waals surface area contributed by atoms with Gasteiger partial charge in [-0.3, -0.25) is 9.80 Å². The molecule has 0 bridgehead atoms. The number of hydrogen-bond acceptors (Lipinski definition) is 7. The maximum Gasteiger partial charge on any atom is 0.198 e. The van der Waals surface area contributed by atoms with Gasteiger partial charge in [0.05, 0.1) is 10.9 Å². The summed E-state index contributed by atoms with van der Waals surface area (Å²) < 4.78 is 27.5. The van der Waals surface area contributed by atoms with E-state index in [1.54, 1.807) is 24.3 Å². The summed E-state index contributed by atoms with van der Waals surface area (Å²) in [6.07, 6.45) is 0. The predicted molar refractivity (Wildman–Crippen MR) is 127 cm³/mol. The van der Waals surface area contributed by atoms with Gasteiger partial charge in [0.15, 0.2) is 21.5 Å². The fraction of sp³-hybridized carbons (Fsp3) is 0.458. The van der Waals surface area contributed by atoms with E-state index >= 15 is 0 Å². The van der Waals surface area contributed by atoms with E-state index < -0.39 is 9.84 Å². The van der Waals surface area contributed by atoms with Crippen molar-refractivity contribution in [1.29, 1.82) is 0 Å². The molecule has 8 nitrogen and oxygen atoms in total. The third-order valence-electron chi connectivity index (χ3n) is 6.18. The molecule has 1 atom stereocenters. The average molecular weight is 469 g/mol. The van der Waals surface area contributed by atoms with Crippen molar-refractivity contribution >= 4 is 9.84 Å². The van der Waals surface area contributed by atoms with E-state index in [1.807, 2.05) is 13.0 Å². The van der Waals surface area contributed by atoms with Gasteiger partial charge in [0.1, 0.15) is 0 Å². The molecule has 0 radical (unpaired) electrons. The lowest BCUT2D eigenvalue weighted by atomic mass is 10.0. The molecule has 1 aliphatic heterocycles. The first-order chi connectivity index (χ1) is 15.8. The van der Waals surface area contributed by atoms with Gasteiger partial charge in [-0.15, -0.1) is 5.10 Å². The van der Waals surface area contributed by atoms with Crippen LogP contribution in [0.25, 0.3) is 0 Å². The molecular weight excluding hydrogens is 436 g/mol. The molecule has 2 aromatic carbocycles. The Balaban J connectivity index is 1.47. The van der Waals surface area contributed by atoms with E-state index in [1.165, 1.54) is 10.2 Å². The van der Waals surface area contributed by atoms with Crippen LogP contribution < -0.4 is 0 Å². The molecule has 1 fully saturated rings. The largest absolute Gasteiger partial charge is 0.297 e. The van der Waals surface area contributed by atoms with Crippen molar-refractivity contribution in [3.05, 3.63) is 71.5 Å². The Morgan fingerprint density at radius 1 is 0.939 bits per heavy atom. The molecule has 1 saturated heterocycles. The van der Waals surface area contributed by atoms with Crippen molar-refractivity contribution in [3.8, 4) is 0 Å². The van der Waals surface area contributed by atoms with Crippen molar-refractivity contribution in [2.45, 2.75) is 44.1 Å². The van der Waals surface area contributed by atoms with E-state index in [0.29, 0.717) is 5.82 Å². The highest BCUT2D eigenvalue weighted by molar-refractivity contribution is 7.90. The summed E-state index contributed by atoms with van der Waals surface area (Å²) in [4.78, 5) is 5.12. The third kappa shape index (κ3) is 5.66. The maximum atomic E-state index is 13.0. The SMILES string of the molecule is Cc1ccc(S(=O)(=O)Cn2nnnc2[C@@H](C(C)C)N2CCN(Cc3ccccc3)CC2)cc1. The van der Waals surface area contributed by atoms with Crippen molar-refractivity contribution in [3.63, 3.8) is 0 Å². The van der Waals surface area contributed by atoms with E-state index in [9.17, 15) is 8.42 Å². The molecule has 0 saturated carbocycles. The Morgan fingerprint density at radius 2 is 1.61 bits per heavy atom. The molecule has 176 valence electrons. The van der Waals surface area contributed by atoms with Crippen LogP contribution in [0.1, 0.15) is 36.8 Å². The third-order valence-corrected chi connectivity index (χ3v) is 7.75. The van der Waals surface area contributed by atoms with Crippen LogP contribution in [-0.2, 0) is 22.3 Å². The van der Waals surface area contributed by atoms with Crippen LogP contribution >= 0.6 is 0 Å². The zero-order valence-electron chi connectivity index (χ0n) is 19.5. The van der Waals surface area contributed by atoms with Crippen LogP contribution in [0.3, 0.4) is 0 Å². The smallest absolute Gasteiger partial charge is 0.198 e. The lowest BCUT2D eigenvalue weighted by molar-refractivity contribution is 0.0666. The Bertz CT molecular complexity index is 1140. The zero-order chi connectivity index (χ0) is 23.4. The van der Waals surface area contributed by atoms with Crippen LogP contribution in [0.2, 0.25) is 0 Å². The number of rotatable bonds is 8. The van der Waals surface area contributed by atoms with Gasteiger partial charge in [0.2, 0.25) is 0 Å². The highest BCUT2D eigenvalue weighted by Crippen LogP contribution is 2.29. The van der Waals surface area contributed by atoms with Gasteiger partial charge in [-0.2, -0.15) is 0 Å². The van der Waals surface area contributed by atoms with Crippen LogP contribution in [-0.4, -0.2) is 64.6 Å². The Labute approximate surface area is 196 Å². The number of tetrazole rings is 1. The van der Waals surface area contributed by atoms with Crippen molar-refractivity contribution in [2.24, 2.45) is 5.92 Å². The summed E-state index contributed by atoms with van der Waals surface area (Å²) in [5, 5.41) is 12.2. The van der Waals surface area contributed by atoms with Crippen molar-refractivity contribution in [1.82, 2.24) is 30.0 Å². The summed E-state index contributed by atoms with van der Waals surface area (Å²) in [5.41, 5.74) is 2.33. The van der Waals surface area contributed by atoms with Crippen molar-refractivity contribution < 1.29 is 8.42 Å². The second-order valence-electron chi connectivity index (χ2n) is 9.08. The Morgan fingerprint density at radius 3 is 2.24 bits per heavy atom. The minimum atomic E-state index is -3.56. The summed E-state index contributed by atoms with van der Waals surface area (Å²) in [7, 11) is -3.56. The van der Waals surface area contributed by atoms with E-state index in [-0.39, 0.29) is 22.7 Å². The fourth-order valence-electron chi connectivity index (χ4n) is 4.42. The molecule has 33 heavy (non-hydrogen) atoms. The number of sulfone groups is 1. The number of hydrogen-bond donors (Lipinski definition) is 0. The average Bonchev–Trinajstić information content (AvgIpc) is 3.22. The van der Waals surface area contributed by atoms with Gasteiger partial charge >= 0.3 is 0 Å². The number of nitrogens with zero attached hydrogens (tertiary/aromatic N) is 6. The van der Waals surface area contributed by atoms with Crippen LogP contribution in [0.4, 0.5) is 0 Å². The quantitative estimate of drug-likeness (QED) is 0.503. The molecule has 0 N–H and O–H groups in total. The summed E-state index contributed by atoms with van der Waals surface area (Å²) >= 11 is 0. The van der Waals surface area contributed by atoms with Crippen LogP contribution in [0.15, 0.2) is 59.5 Å². The maximum absolute atomic E-state index is 13.0. The molecule has 1 aliphatic rings. The predicted octanol–water partition coefficient (Wildman–Crippen LogP) is 2.93. The lowest BCUT2D eigenvalue weighted by Gasteiger charge is -2.40. The molecule has 9 heteroatoms. The summed E-state index contributed by atoms with van der Waals surface area (Å²) in [6, 6.07) is 17.3. The summed E-state index contributed by atoms with van der Waals surface area (Å²) in [5.74, 6) is 0.574. The van der Waals surface area contributed by atoms with Gasteiger partial charge < -0.3 is 0 Å². The van der Waals surface area contributed by atoms with Gasteiger partial charge in [0, 0.05) is 32.7 Å². The van der Waals surface area contributed by atoms with Crippen LogP contribution in [0, 0.1) is 12.8 Å². The molecule has 0 amide bonds. The zero-order valence-corrected chi connectivity index (χ0v) is 20.3. The Hall–Kier alpha value is -2.62. The molecule has 3 aromatic rings. The number of benzene rings is 2.